The predicted molar refractivity (Wildman–Crippen MR) is 143 cm³/mol. The van der Waals surface area contributed by atoms with Crippen molar-refractivity contribution in [3.63, 3.8) is 0 Å². The average Bonchev–Trinajstić information content (AvgIpc) is 3.17. The number of aliphatic hydroxyl groups is 1. The molecule has 0 bridgehead atoms. The Bertz CT molecular complexity index is 1550. The van der Waals surface area contributed by atoms with Crippen molar-refractivity contribution in [2.45, 2.75) is 38.5 Å². The number of fused-ring (bicyclic) bond motifs is 2. The van der Waals surface area contributed by atoms with E-state index in [1.807, 2.05) is 51.6 Å². The lowest BCUT2D eigenvalue weighted by atomic mass is 9.76. The van der Waals surface area contributed by atoms with Gasteiger partial charge in [-0.3, -0.25) is 25.0 Å². The minimum Gasteiger partial charge on any atom is -0.510 e. The van der Waals surface area contributed by atoms with E-state index in [2.05, 4.69) is 0 Å². The number of ketones is 1. The molecule has 3 aliphatic rings. The summed E-state index contributed by atoms with van der Waals surface area (Å²) in [7, 11) is 3.67. The molecule has 0 radical (unpaired) electrons. The van der Waals surface area contributed by atoms with Crippen molar-refractivity contribution in [1.82, 2.24) is 0 Å². The van der Waals surface area contributed by atoms with Crippen LogP contribution in [0.2, 0.25) is 0 Å². The van der Waals surface area contributed by atoms with Gasteiger partial charge in [0.05, 0.1) is 15.4 Å². The number of benzene rings is 2. The third-order valence-corrected chi connectivity index (χ3v) is 8.18. The van der Waals surface area contributed by atoms with Crippen LogP contribution in [0, 0.1) is 26.1 Å². The average molecular weight is 517 g/mol. The summed E-state index contributed by atoms with van der Waals surface area (Å²) in [5.41, 5.74) is 3.62. The Morgan fingerprint density at radius 2 is 1.29 bits per heavy atom. The maximum Gasteiger partial charge on any atom is 0.269 e. The molecule has 5 rings (SSSR count). The van der Waals surface area contributed by atoms with E-state index < -0.39 is 26.6 Å². The van der Waals surface area contributed by atoms with Crippen LogP contribution in [0.15, 0.2) is 71.3 Å². The Balaban J connectivity index is 1.50. The van der Waals surface area contributed by atoms with Crippen molar-refractivity contribution in [3.8, 4) is 0 Å². The molecule has 1 N–H and O–H groups in total. The van der Waals surface area contributed by atoms with Gasteiger partial charge in [-0.05, 0) is 35.4 Å². The van der Waals surface area contributed by atoms with E-state index >= 15 is 0 Å². The number of hydrogen-bond donors (Lipinski definition) is 1. The third kappa shape index (κ3) is 3.36. The zero-order valence-corrected chi connectivity index (χ0v) is 22.0. The zero-order chi connectivity index (χ0) is 27.9. The van der Waals surface area contributed by atoms with Gasteiger partial charge in [0.1, 0.15) is 11.7 Å². The molecule has 0 amide bonds. The summed E-state index contributed by atoms with van der Waals surface area (Å²) in [6.45, 7) is 7.73. The first-order valence-electron chi connectivity index (χ1n) is 12.1. The highest BCUT2D eigenvalue weighted by atomic mass is 16.6. The second-order valence-corrected chi connectivity index (χ2v) is 11.0. The minimum absolute atomic E-state index is 0.00234. The number of anilines is 2. The van der Waals surface area contributed by atoms with Crippen LogP contribution in [0.4, 0.5) is 22.7 Å². The fourth-order valence-corrected chi connectivity index (χ4v) is 5.93. The van der Waals surface area contributed by atoms with Crippen LogP contribution >= 0.6 is 0 Å². The molecule has 38 heavy (non-hydrogen) atoms. The molecule has 0 aromatic heterocycles. The molecule has 0 saturated heterocycles. The summed E-state index contributed by atoms with van der Waals surface area (Å²) in [5, 5.41) is 33.6. The van der Waals surface area contributed by atoms with E-state index in [1.165, 1.54) is 12.1 Å². The molecule has 196 valence electrons. The topological polar surface area (TPSA) is 130 Å². The maximum atomic E-state index is 13.3. The number of aliphatic hydroxyl groups excluding tert-OH is 1. The molecule has 10 heteroatoms. The van der Waals surface area contributed by atoms with E-state index in [9.17, 15) is 30.1 Å². The number of nitro groups is 2. The number of nitrogens with zero attached hydrogens (tertiary/aromatic N) is 4. The minimum atomic E-state index is -0.832. The molecule has 2 aromatic carbocycles. The molecular weight excluding hydrogens is 488 g/mol. The third-order valence-electron chi connectivity index (χ3n) is 8.18. The summed E-state index contributed by atoms with van der Waals surface area (Å²) in [6.07, 6.45) is 3.40. The van der Waals surface area contributed by atoms with Crippen molar-refractivity contribution in [1.29, 1.82) is 0 Å². The van der Waals surface area contributed by atoms with E-state index in [4.69, 9.17) is 0 Å². The van der Waals surface area contributed by atoms with Gasteiger partial charge in [0, 0.05) is 72.0 Å². The highest BCUT2D eigenvalue weighted by Gasteiger charge is 2.46. The molecule has 2 aliphatic heterocycles. The molecule has 0 fully saturated rings. The van der Waals surface area contributed by atoms with Crippen LogP contribution in [0.25, 0.3) is 0 Å². The largest absolute Gasteiger partial charge is 0.510 e. The van der Waals surface area contributed by atoms with Crippen LogP contribution in [0.1, 0.15) is 38.8 Å². The number of hydrogen-bond acceptors (Lipinski definition) is 8. The van der Waals surface area contributed by atoms with Gasteiger partial charge in [-0.2, -0.15) is 0 Å². The van der Waals surface area contributed by atoms with Gasteiger partial charge in [-0.15, -0.1) is 0 Å². The number of likely N-dealkylation sites (N-methyl/N-ethyl adjacent to an activating group) is 2. The van der Waals surface area contributed by atoms with Crippen molar-refractivity contribution >= 4 is 28.5 Å². The van der Waals surface area contributed by atoms with Crippen molar-refractivity contribution in [2.24, 2.45) is 5.92 Å². The SMILES string of the molecule is CN1/C(=C/C2=C(O)C(/C=C3/N(C)c4ccc([N+](=O)[O-])cc4C3(C)C)C2=O)C(C)(C)c2cc([N+](=O)[O-])ccc21. The van der Waals surface area contributed by atoms with Gasteiger partial charge >= 0.3 is 0 Å². The zero-order valence-electron chi connectivity index (χ0n) is 22.0. The summed E-state index contributed by atoms with van der Waals surface area (Å²) < 4.78 is 0. The van der Waals surface area contributed by atoms with Gasteiger partial charge in [0.2, 0.25) is 0 Å². The molecule has 1 atom stereocenters. The molecule has 1 unspecified atom stereocenters. The molecule has 2 heterocycles. The quantitative estimate of drug-likeness (QED) is 0.420. The van der Waals surface area contributed by atoms with E-state index in [0.29, 0.717) is 0 Å². The van der Waals surface area contributed by atoms with E-state index in [-0.39, 0.29) is 28.5 Å². The Kier molecular flexibility index (Phi) is 5.31. The van der Waals surface area contributed by atoms with Crippen LogP contribution in [0.3, 0.4) is 0 Å². The Labute approximate surface area is 219 Å². The Hall–Kier alpha value is -4.47. The molecule has 1 aliphatic carbocycles. The number of rotatable bonds is 4. The normalized spacial score (nSPS) is 23.1. The molecule has 0 saturated carbocycles. The monoisotopic (exact) mass is 516 g/mol. The number of non-ortho nitro benzene ring substituents is 2. The van der Waals surface area contributed by atoms with Crippen molar-refractivity contribution in [3.05, 3.63) is 103 Å². The predicted octanol–water partition coefficient (Wildman–Crippen LogP) is 5.44. The highest BCUT2D eigenvalue weighted by molar-refractivity contribution is 6.10. The second kappa shape index (κ2) is 8.01. The van der Waals surface area contributed by atoms with Crippen molar-refractivity contribution < 1.29 is 19.7 Å². The summed E-state index contributed by atoms with van der Waals surface area (Å²) in [5.74, 6) is -1.12. The van der Waals surface area contributed by atoms with Crippen LogP contribution in [-0.2, 0) is 15.6 Å². The number of carbonyl (C=O) groups excluding carboxylic acids is 1. The Morgan fingerprint density at radius 1 is 0.842 bits per heavy atom. The van der Waals surface area contributed by atoms with E-state index in [0.717, 1.165) is 33.9 Å². The van der Waals surface area contributed by atoms with E-state index in [1.54, 1.807) is 36.4 Å². The fraction of sp³-hybridized carbons (Fsp3) is 0.321. The number of allylic oxidation sites excluding steroid dienone is 5. The first kappa shape index (κ1) is 25.2. The number of carbonyl (C=O) groups is 1. The van der Waals surface area contributed by atoms with Crippen LogP contribution in [-0.4, -0.2) is 34.8 Å². The first-order valence-corrected chi connectivity index (χ1v) is 12.1. The lowest BCUT2D eigenvalue weighted by molar-refractivity contribution is -0.385. The van der Waals surface area contributed by atoms with Crippen LogP contribution in [0.5, 0.6) is 0 Å². The maximum absolute atomic E-state index is 13.3. The summed E-state index contributed by atoms with van der Waals surface area (Å²) >= 11 is 0. The standard InChI is InChI=1S/C28H28N4O6/c1-27(2)19-11-15(31(35)36)7-9-21(19)29(5)23(27)13-17-25(33)18(26(17)34)14-24-28(3,4)20-12-16(32(37)38)8-10-22(20)30(24)6/h7-14,17,33H,1-6H3/b23-13+,24-14+. The fourth-order valence-electron chi connectivity index (χ4n) is 5.93. The molecule has 2 aromatic rings. The van der Waals surface area contributed by atoms with Gasteiger partial charge in [0.15, 0.2) is 5.78 Å². The second-order valence-electron chi connectivity index (χ2n) is 11.0. The Morgan fingerprint density at radius 3 is 1.74 bits per heavy atom. The summed E-state index contributed by atoms with van der Waals surface area (Å²) in [4.78, 5) is 38.8. The summed E-state index contributed by atoms with van der Waals surface area (Å²) in [6, 6.07) is 9.41. The first-order chi connectivity index (χ1) is 17.7. The molecule has 10 nitrogen and oxygen atoms in total. The smallest absolute Gasteiger partial charge is 0.269 e. The van der Waals surface area contributed by atoms with Gasteiger partial charge < -0.3 is 14.9 Å². The highest BCUT2D eigenvalue weighted by Crippen LogP contribution is 2.51. The van der Waals surface area contributed by atoms with Crippen LogP contribution < -0.4 is 9.80 Å². The molecular formula is C28H28N4O6. The van der Waals surface area contributed by atoms with Gasteiger partial charge in [0.25, 0.3) is 11.4 Å². The number of nitro benzene ring substituents is 2. The number of Topliss-reactive ketones (excluding diaryl/α,β-unsaturated/α-hetero) is 1. The molecule has 0 spiro atoms. The van der Waals surface area contributed by atoms with Crippen molar-refractivity contribution in [2.75, 3.05) is 23.9 Å². The lowest BCUT2D eigenvalue weighted by Crippen LogP contribution is -2.33. The van der Waals surface area contributed by atoms with Gasteiger partial charge in [-0.1, -0.05) is 27.7 Å². The lowest BCUT2D eigenvalue weighted by Gasteiger charge is -2.31. The van der Waals surface area contributed by atoms with Gasteiger partial charge in [-0.25, -0.2) is 0 Å².